The number of hydrogen-bond acceptors (Lipinski definition) is 6. The number of pyridine rings is 1. The molecule has 1 saturated heterocycles. The molecule has 0 N–H and O–H groups in total. The number of benzene rings is 2. The fourth-order valence-corrected chi connectivity index (χ4v) is 4.70. The van der Waals surface area contributed by atoms with E-state index in [4.69, 9.17) is 18.9 Å². The fraction of sp³-hybridized carbons (Fsp3) is 0.250. The largest absolute Gasteiger partial charge is 0.485 e. The van der Waals surface area contributed by atoms with Gasteiger partial charge in [0.05, 0.1) is 11.1 Å². The van der Waals surface area contributed by atoms with Gasteiger partial charge in [-0.05, 0) is 43.3 Å². The Morgan fingerprint density at radius 3 is 2.39 bits per heavy atom. The van der Waals surface area contributed by atoms with Gasteiger partial charge in [0.1, 0.15) is 18.1 Å². The monoisotopic (exact) mass is 483 g/mol. The molecule has 2 aromatic heterocycles. The number of rotatable bonds is 3. The van der Waals surface area contributed by atoms with Gasteiger partial charge >= 0.3 is 0 Å². The molecule has 4 heterocycles. The highest BCUT2D eigenvalue weighted by Crippen LogP contribution is 2.32. The molecule has 4 aromatic rings. The third-order valence-electron chi connectivity index (χ3n) is 6.60. The smallest absolute Gasteiger partial charge is 0.267 e. The zero-order chi connectivity index (χ0) is 24.6. The number of para-hydroxylation sites is 3. The topological polar surface area (TPSA) is 85.1 Å². The quantitative estimate of drug-likeness (QED) is 0.439. The van der Waals surface area contributed by atoms with E-state index in [0.717, 1.165) is 16.7 Å². The van der Waals surface area contributed by atoms with Crippen molar-refractivity contribution in [3.05, 3.63) is 78.1 Å². The summed E-state index contributed by atoms with van der Waals surface area (Å²) in [6, 6.07) is 20.5. The number of fused-ring (bicyclic) bond motifs is 2. The first-order valence-corrected chi connectivity index (χ1v) is 12.0. The van der Waals surface area contributed by atoms with Crippen LogP contribution in [-0.2, 0) is 4.79 Å². The van der Waals surface area contributed by atoms with E-state index in [0.29, 0.717) is 54.7 Å². The summed E-state index contributed by atoms with van der Waals surface area (Å²) in [5, 5.41) is 0.791. The van der Waals surface area contributed by atoms with Crippen molar-refractivity contribution in [3.8, 4) is 23.0 Å². The van der Waals surface area contributed by atoms with Gasteiger partial charge in [0.25, 0.3) is 11.8 Å². The molecule has 2 aliphatic rings. The number of nitrogens with zero attached hydrogens (tertiary/aromatic N) is 3. The van der Waals surface area contributed by atoms with Crippen LogP contribution >= 0.6 is 0 Å². The van der Waals surface area contributed by atoms with Crippen molar-refractivity contribution in [2.24, 2.45) is 0 Å². The third-order valence-corrected chi connectivity index (χ3v) is 6.60. The van der Waals surface area contributed by atoms with E-state index in [9.17, 15) is 9.59 Å². The molecule has 0 aliphatic carbocycles. The molecule has 0 spiro atoms. The first-order valence-electron chi connectivity index (χ1n) is 12.0. The molecule has 1 atom stereocenters. The van der Waals surface area contributed by atoms with E-state index in [1.807, 2.05) is 61.5 Å². The van der Waals surface area contributed by atoms with Crippen LogP contribution in [0.4, 0.5) is 0 Å². The van der Waals surface area contributed by atoms with E-state index in [2.05, 4.69) is 0 Å². The average Bonchev–Trinajstić information content (AvgIpc) is 3.37. The lowest BCUT2D eigenvalue weighted by atomic mass is 10.0. The Morgan fingerprint density at radius 2 is 1.61 bits per heavy atom. The molecule has 6 rings (SSSR count). The SMILES string of the molecule is Cc1ccc(-c2cc(C(=O)N3CCN(C(=O)C4COc5ccccc5O4)CC3)c3ccccc3n2)o1. The highest BCUT2D eigenvalue weighted by Gasteiger charge is 2.34. The summed E-state index contributed by atoms with van der Waals surface area (Å²) in [6.07, 6.45) is -0.689. The molecule has 0 bridgehead atoms. The Morgan fingerprint density at radius 1 is 0.889 bits per heavy atom. The van der Waals surface area contributed by atoms with Crippen molar-refractivity contribution >= 4 is 22.7 Å². The zero-order valence-corrected chi connectivity index (χ0v) is 19.8. The molecular formula is C28H25N3O5. The molecule has 182 valence electrons. The summed E-state index contributed by atoms with van der Waals surface area (Å²) in [6.45, 7) is 3.77. The second-order valence-corrected chi connectivity index (χ2v) is 8.96. The number of carbonyl (C=O) groups is 2. The molecule has 8 heteroatoms. The Kier molecular flexibility index (Phi) is 5.56. The van der Waals surface area contributed by atoms with Crippen molar-refractivity contribution in [2.75, 3.05) is 32.8 Å². The Balaban J connectivity index is 1.18. The van der Waals surface area contributed by atoms with Gasteiger partial charge in [-0.2, -0.15) is 0 Å². The van der Waals surface area contributed by atoms with Crippen molar-refractivity contribution in [2.45, 2.75) is 13.0 Å². The summed E-state index contributed by atoms with van der Waals surface area (Å²) in [5.74, 6) is 2.41. The average molecular weight is 484 g/mol. The predicted octanol–water partition coefficient (Wildman–Crippen LogP) is 3.93. The molecular weight excluding hydrogens is 458 g/mol. The van der Waals surface area contributed by atoms with Gasteiger partial charge in [-0.25, -0.2) is 4.98 Å². The van der Waals surface area contributed by atoms with Crippen LogP contribution in [0.5, 0.6) is 11.5 Å². The Bertz CT molecular complexity index is 1450. The predicted molar refractivity (Wildman–Crippen MR) is 133 cm³/mol. The molecule has 2 aromatic carbocycles. The molecule has 8 nitrogen and oxygen atoms in total. The van der Waals surface area contributed by atoms with E-state index in [-0.39, 0.29) is 18.4 Å². The molecule has 2 amide bonds. The minimum atomic E-state index is -0.689. The minimum absolute atomic E-state index is 0.0867. The highest BCUT2D eigenvalue weighted by atomic mass is 16.6. The van der Waals surface area contributed by atoms with Gasteiger partial charge in [0, 0.05) is 31.6 Å². The minimum Gasteiger partial charge on any atom is -0.485 e. The standard InChI is InChI=1S/C28H25N3O5/c1-18-10-11-23(35-18)22-16-20(19-6-2-3-7-21(19)29-22)27(32)30-12-14-31(15-13-30)28(33)26-17-34-24-8-4-5-9-25(24)36-26/h2-11,16,26H,12-15,17H2,1H3. The number of aryl methyl sites for hydroxylation is 1. The molecule has 0 saturated carbocycles. The number of piperazine rings is 1. The van der Waals surface area contributed by atoms with Gasteiger partial charge in [-0.3, -0.25) is 9.59 Å². The van der Waals surface area contributed by atoms with Crippen molar-refractivity contribution in [3.63, 3.8) is 0 Å². The number of amides is 2. The Labute approximate surface area is 208 Å². The second kappa shape index (κ2) is 9.03. The summed E-state index contributed by atoms with van der Waals surface area (Å²) < 4.78 is 17.4. The summed E-state index contributed by atoms with van der Waals surface area (Å²) >= 11 is 0. The maximum atomic E-state index is 13.6. The molecule has 1 unspecified atom stereocenters. The number of hydrogen-bond donors (Lipinski definition) is 0. The van der Waals surface area contributed by atoms with Crippen LogP contribution < -0.4 is 9.47 Å². The molecule has 0 radical (unpaired) electrons. The summed E-state index contributed by atoms with van der Waals surface area (Å²) in [7, 11) is 0. The highest BCUT2D eigenvalue weighted by molar-refractivity contribution is 6.07. The molecule has 2 aliphatic heterocycles. The van der Waals surface area contributed by atoms with Crippen LogP contribution in [-0.4, -0.2) is 65.5 Å². The van der Waals surface area contributed by atoms with E-state index >= 15 is 0 Å². The lowest BCUT2D eigenvalue weighted by Gasteiger charge is -2.37. The van der Waals surface area contributed by atoms with Crippen LogP contribution in [0.15, 0.2) is 71.1 Å². The zero-order valence-electron chi connectivity index (χ0n) is 19.8. The van der Waals surface area contributed by atoms with Crippen LogP contribution in [0.25, 0.3) is 22.4 Å². The number of ether oxygens (including phenoxy) is 2. The second-order valence-electron chi connectivity index (χ2n) is 8.96. The van der Waals surface area contributed by atoms with Crippen molar-refractivity contribution < 1.29 is 23.5 Å². The third kappa shape index (κ3) is 4.04. The first-order chi connectivity index (χ1) is 17.6. The normalized spacial score (nSPS) is 17.3. The van der Waals surface area contributed by atoms with Crippen molar-refractivity contribution in [1.82, 2.24) is 14.8 Å². The van der Waals surface area contributed by atoms with Crippen LogP contribution in [0.2, 0.25) is 0 Å². The number of furan rings is 1. The first kappa shape index (κ1) is 22.2. The van der Waals surface area contributed by atoms with Gasteiger partial charge < -0.3 is 23.7 Å². The van der Waals surface area contributed by atoms with Gasteiger partial charge in [-0.1, -0.05) is 30.3 Å². The number of carbonyl (C=O) groups excluding carboxylic acids is 2. The molecule has 36 heavy (non-hydrogen) atoms. The fourth-order valence-electron chi connectivity index (χ4n) is 4.70. The lowest BCUT2D eigenvalue weighted by Crippen LogP contribution is -2.55. The van der Waals surface area contributed by atoms with Gasteiger partial charge in [0.15, 0.2) is 17.3 Å². The van der Waals surface area contributed by atoms with Crippen LogP contribution in [0, 0.1) is 6.92 Å². The van der Waals surface area contributed by atoms with Gasteiger partial charge in [0.2, 0.25) is 6.10 Å². The number of aromatic nitrogens is 1. The summed E-state index contributed by atoms with van der Waals surface area (Å²) in [4.78, 5) is 35.0. The van der Waals surface area contributed by atoms with Crippen molar-refractivity contribution in [1.29, 1.82) is 0 Å². The maximum Gasteiger partial charge on any atom is 0.267 e. The molecule has 1 fully saturated rings. The van der Waals surface area contributed by atoms with Crippen LogP contribution in [0.3, 0.4) is 0 Å². The lowest BCUT2D eigenvalue weighted by molar-refractivity contribution is -0.142. The van der Waals surface area contributed by atoms with E-state index in [1.54, 1.807) is 21.9 Å². The Hall–Kier alpha value is -4.33. The van der Waals surface area contributed by atoms with E-state index < -0.39 is 6.10 Å². The van der Waals surface area contributed by atoms with Crippen LogP contribution in [0.1, 0.15) is 16.1 Å². The van der Waals surface area contributed by atoms with Gasteiger partial charge in [-0.15, -0.1) is 0 Å². The maximum absolute atomic E-state index is 13.6. The summed E-state index contributed by atoms with van der Waals surface area (Å²) in [5.41, 5.74) is 1.93. The van der Waals surface area contributed by atoms with E-state index in [1.165, 1.54) is 0 Å².